The molecule has 212 valence electrons. The van der Waals surface area contributed by atoms with Crippen molar-refractivity contribution in [1.82, 2.24) is 4.90 Å². The monoisotopic (exact) mass is 637 g/mol. The van der Waals surface area contributed by atoms with Gasteiger partial charge in [-0.3, -0.25) is 14.4 Å². The SMILES string of the molecule is O=C(Nc1ccccc1Cl)C1N([C@@H](CO)Cc2ccccc2)C(=O)[C@@H]2[C@H](C(=O)Nc3ccccc3)[C@H]3OC12CC3Br. The summed E-state index contributed by atoms with van der Waals surface area (Å²) < 4.78 is 6.57. The fourth-order valence-corrected chi connectivity index (χ4v) is 7.83. The van der Waals surface area contributed by atoms with Crippen LogP contribution >= 0.6 is 27.5 Å². The molecule has 1 spiro atoms. The number of aliphatic hydroxyl groups excluding tert-OH is 1. The van der Waals surface area contributed by atoms with Gasteiger partial charge in [0.25, 0.3) is 0 Å². The van der Waals surface area contributed by atoms with Gasteiger partial charge in [0.1, 0.15) is 11.6 Å². The molecule has 10 heteroatoms. The Hall–Kier alpha value is -3.24. The van der Waals surface area contributed by atoms with E-state index < -0.39 is 41.5 Å². The van der Waals surface area contributed by atoms with E-state index in [1.54, 1.807) is 36.4 Å². The summed E-state index contributed by atoms with van der Waals surface area (Å²) in [4.78, 5) is 43.5. The minimum atomic E-state index is -1.27. The fourth-order valence-electron chi connectivity index (χ4n) is 6.71. The smallest absolute Gasteiger partial charge is 0.250 e. The molecule has 3 aromatic rings. The summed E-state index contributed by atoms with van der Waals surface area (Å²) in [5.41, 5.74) is 0.634. The Morgan fingerprint density at radius 3 is 2.34 bits per heavy atom. The molecule has 3 aromatic carbocycles. The Morgan fingerprint density at radius 1 is 1.00 bits per heavy atom. The number of rotatable bonds is 8. The predicted molar refractivity (Wildman–Crippen MR) is 159 cm³/mol. The van der Waals surface area contributed by atoms with Gasteiger partial charge in [-0.05, 0) is 42.7 Å². The molecule has 3 N–H and O–H groups in total. The number of hydrogen-bond acceptors (Lipinski definition) is 5. The van der Waals surface area contributed by atoms with Crippen molar-refractivity contribution in [3.8, 4) is 0 Å². The maximum atomic E-state index is 14.4. The largest absolute Gasteiger partial charge is 0.394 e. The third-order valence-electron chi connectivity index (χ3n) is 8.37. The molecule has 3 heterocycles. The summed E-state index contributed by atoms with van der Waals surface area (Å²) in [6.45, 7) is -0.374. The van der Waals surface area contributed by atoms with Crippen LogP contribution in [0.5, 0.6) is 0 Å². The zero-order chi connectivity index (χ0) is 28.7. The number of likely N-dealkylation sites (tertiary alicyclic amines) is 1. The van der Waals surface area contributed by atoms with Gasteiger partial charge in [-0.25, -0.2) is 0 Å². The number of alkyl halides is 1. The second kappa shape index (κ2) is 11.2. The van der Waals surface area contributed by atoms with Crippen molar-refractivity contribution >= 4 is 56.6 Å². The van der Waals surface area contributed by atoms with Gasteiger partial charge >= 0.3 is 0 Å². The van der Waals surface area contributed by atoms with Crippen LogP contribution < -0.4 is 10.6 Å². The first kappa shape index (κ1) is 27.9. The Balaban J connectivity index is 1.40. The van der Waals surface area contributed by atoms with Gasteiger partial charge in [-0.2, -0.15) is 0 Å². The number of nitrogens with one attached hydrogen (secondary N) is 2. The van der Waals surface area contributed by atoms with Crippen LogP contribution in [0.3, 0.4) is 0 Å². The van der Waals surface area contributed by atoms with Crippen molar-refractivity contribution in [3.05, 3.63) is 95.5 Å². The van der Waals surface area contributed by atoms with Crippen LogP contribution in [0.15, 0.2) is 84.9 Å². The van der Waals surface area contributed by atoms with Crippen LogP contribution in [0.2, 0.25) is 5.02 Å². The Bertz CT molecular complexity index is 1460. The van der Waals surface area contributed by atoms with Gasteiger partial charge in [-0.15, -0.1) is 0 Å². The van der Waals surface area contributed by atoms with Crippen LogP contribution in [-0.4, -0.2) is 63.0 Å². The molecule has 3 amide bonds. The lowest BCUT2D eigenvalue weighted by Gasteiger charge is -2.37. The molecule has 0 saturated carbocycles. The molecule has 3 saturated heterocycles. The minimum absolute atomic E-state index is 0.254. The quantitative estimate of drug-likeness (QED) is 0.320. The number of aliphatic hydroxyl groups is 1. The normalized spacial score (nSPS) is 28.8. The van der Waals surface area contributed by atoms with Gasteiger partial charge in [0.15, 0.2) is 0 Å². The second-order valence-corrected chi connectivity index (χ2v) is 12.3. The number of anilines is 2. The number of carbonyl (C=O) groups is 3. The number of nitrogens with zero attached hydrogens (tertiary/aromatic N) is 1. The van der Waals surface area contributed by atoms with Gasteiger partial charge in [0.05, 0.1) is 41.3 Å². The lowest BCUT2D eigenvalue weighted by molar-refractivity contribution is -0.143. The maximum absolute atomic E-state index is 14.4. The molecule has 2 bridgehead atoms. The molecule has 0 radical (unpaired) electrons. The van der Waals surface area contributed by atoms with E-state index in [0.29, 0.717) is 29.2 Å². The van der Waals surface area contributed by atoms with Crippen molar-refractivity contribution in [2.75, 3.05) is 17.2 Å². The van der Waals surface area contributed by atoms with E-state index in [2.05, 4.69) is 26.6 Å². The van der Waals surface area contributed by atoms with E-state index in [0.717, 1.165) is 5.56 Å². The highest BCUT2D eigenvalue weighted by Gasteiger charge is 2.77. The number of halogens is 2. The molecule has 3 unspecified atom stereocenters. The summed E-state index contributed by atoms with van der Waals surface area (Å²) in [5.74, 6) is -2.95. The van der Waals surface area contributed by atoms with Gasteiger partial charge in [-0.1, -0.05) is 88.2 Å². The molecule has 0 aromatic heterocycles. The Kier molecular flexibility index (Phi) is 7.63. The first-order valence-electron chi connectivity index (χ1n) is 13.5. The zero-order valence-corrected chi connectivity index (χ0v) is 24.3. The zero-order valence-electron chi connectivity index (χ0n) is 22.0. The summed E-state index contributed by atoms with van der Waals surface area (Å²) in [6, 6.07) is 23.5. The van der Waals surface area contributed by atoms with Crippen molar-refractivity contribution < 1.29 is 24.2 Å². The van der Waals surface area contributed by atoms with E-state index in [4.69, 9.17) is 16.3 Å². The number of hydrogen-bond donors (Lipinski definition) is 3. The van der Waals surface area contributed by atoms with Gasteiger partial charge < -0.3 is 25.4 Å². The van der Waals surface area contributed by atoms with E-state index in [1.165, 1.54) is 4.90 Å². The molecule has 41 heavy (non-hydrogen) atoms. The summed E-state index contributed by atoms with van der Waals surface area (Å²) in [6.07, 6.45) is 0.0697. The molecule has 8 nitrogen and oxygen atoms in total. The van der Waals surface area contributed by atoms with Crippen molar-refractivity contribution in [2.45, 2.75) is 41.5 Å². The highest BCUT2D eigenvalue weighted by Crippen LogP contribution is 2.60. The molecule has 0 aliphatic carbocycles. The van der Waals surface area contributed by atoms with Crippen molar-refractivity contribution in [3.63, 3.8) is 0 Å². The second-order valence-electron chi connectivity index (χ2n) is 10.8. The van der Waals surface area contributed by atoms with Crippen LogP contribution in [0.1, 0.15) is 12.0 Å². The maximum Gasteiger partial charge on any atom is 0.250 e. The average Bonchev–Trinajstić information content (AvgIpc) is 3.57. The number of benzene rings is 3. The topological polar surface area (TPSA) is 108 Å². The first-order chi connectivity index (χ1) is 19.8. The Labute approximate surface area is 251 Å². The van der Waals surface area contributed by atoms with E-state index >= 15 is 0 Å². The van der Waals surface area contributed by atoms with E-state index in [1.807, 2.05) is 48.5 Å². The standard InChI is InChI=1S/C31H29BrClN3O5/c32-21-16-31-25(24(26(21)41-31)28(38)34-19-11-5-2-6-12-19)30(40)36(20(17-37)15-18-9-3-1-4-10-18)27(31)29(39)35-23-14-8-7-13-22(23)33/h1-14,20-21,24-27,37H,15-17H2,(H,34,38)(H,35,39)/t20-,21?,24+,25+,26+,27?,31?/m1/s1. The summed E-state index contributed by atoms with van der Waals surface area (Å²) in [7, 11) is 0. The number of ether oxygens (including phenoxy) is 1. The molecular weight excluding hydrogens is 610 g/mol. The van der Waals surface area contributed by atoms with Crippen LogP contribution in [0.25, 0.3) is 0 Å². The average molecular weight is 639 g/mol. The molecule has 3 fully saturated rings. The minimum Gasteiger partial charge on any atom is -0.394 e. The van der Waals surface area contributed by atoms with Gasteiger partial charge in [0.2, 0.25) is 17.7 Å². The summed E-state index contributed by atoms with van der Waals surface area (Å²) in [5, 5.41) is 16.7. The fraction of sp³-hybridized carbons (Fsp3) is 0.323. The molecule has 3 aliphatic rings. The van der Waals surface area contributed by atoms with Crippen LogP contribution in [0, 0.1) is 11.8 Å². The number of para-hydroxylation sites is 2. The summed E-state index contributed by atoms with van der Waals surface area (Å²) >= 11 is 10.0. The van der Waals surface area contributed by atoms with Crippen molar-refractivity contribution in [1.29, 1.82) is 0 Å². The lowest BCUT2D eigenvalue weighted by Crippen LogP contribution is -2.57. The van der Waals surface area contributed by atoms with E-state index in [-0.39, 0.29) is 23.2 Å². The highest BCUT2D eigenvalue weighted by molar-refractivity contribution is 9.09. The third kappa shape index (κ3) is 4.84. The first-order valence-corrected chi connectivity index (χ1v) is 14.8. The van der Waals surface area contributed by atoms with Crippen LogP contribution in [-0.2, 0) is 25.5 Å². The third-order valence-corrected chi connectivity index (χ3v) is 9.54. The number of amides is 3. The Morgan fingerprint density at radius 2 is 1.66 bits per heavy atom. The lowest BCUT2D eigenvalue weighted by atomic mass is 9.70. The molecule has 6 rings (SSSR count). The predicted octanol–water partition coefficient (Wildman–Crippen LogP) is 4.27. The molecular formula is C31H29BrClN3O5. The highest BCUT2D eigenvalue weighted by atomic mass is 79.9. The van der Waals surface area contributed by atoms with E-state index in [9.17, 15) is 19.5 Å². The molecule has 7 atom stereocenters. The molecule has 3 aliphatic heterocycles. The van der Waals surface area contributed by atoms with Gasteiger partial charge in [0, 0.05) is 10.5 Å². The number of fused-ring (bicyclic) bond motifs is 1. The van der Waals surface area contributed by atoms with Crippen LogP contribution in [0.4, 0.5) is 11.4 Å². The number of carbonyl (C=O) groups excluding carboxylic acids is 3. The van der Waals surface area contributed by atoms with Crippen molar-refractivity contribution in [2.24, 2.45) is 11.8 Å².